The van der Waals surface area contributed by atoms with Gasteiger partial charge >= 0.3 is 0 Å². The van der Waals surface area contributed by atoms with Gasteiger partial charge in [-0.3, -0.25) is 5.10 Å². The van der Waals surface area contributed by atoms with Gasteiger partial charge < -0.3 is 15.2 Å². The van der Waals surface area contributed by atoms with Crippen molar-refractivity contribution in [1.82, 2.24) is 30.5 Å². The van der Waals surface area contributed by atoms with Crippen LogP contribution in [0.25, 0.3) is 38.9 Å². The van der Waals surface area contributed by atoms with Crippen LogP contribution in [0.15, 0.2) is 73.4 Å². The van der Waals surface area contributed by atoms with Gasteiger partial charge in [-0.25, -0.2) is 9.97 Å². The second-order valence-corrected chi connectivity index (χ2v) is 11.5. The Labute approximate surface area is 230 Å². The Bertz CT molecular complexity index is 1570. The summed E-state index contributed by atoms with van der Waals surface area (Å²) in [5.74, 6) is 1.05. The number of H-pyrrole nitrogens is 2. The fourth-order valence-corrected chi connectivity index (χ4v) is 5.33. The monoisotopic (exact) mass is 521 g/mol. The third-order valence-electron chi connectivity index (χ3n) is 7.10. The molecule has 0 unspecified atom stereocenters. The molecule has 0 amide bonds. The van der Waals surface area contributed by atoms with E-state index in [0.717, 1.165) is 75.5 Å². The van der Waals surface area contributed by atoms with E-state index in [-0.39, 0.29) is 5.41 Å². The quantitative estimate of drug-likeness (QED) is 0.209. The highest BCUT2D eigenvalue weighted by atomic mass is 15.2. The van der Waals surface area contributed by atoms with Crippen molar-refractivity contribution in [2.75, 3.05) is 18.0 Å². The summed E-state index contributed by atoms with van der Waals surface area (Å²) in [7, 11) is 0. The highest BCUT2D eigenvalue weighted by Gasteiger charge is 2.19. The minimum Gasteiger partial charge on any atom is -0.359 e. The van der Waals surface area contributed by atoms with Gasteiger partial charge in [0.15, 0.2) is 5.65 Å². The summed E-state index contributed by atoms with van der Waals surface area (Å²) in [4.78, 5) is 15.4. The van der Waals surface area contributed by atoms with Gasteiger partial charge in [0.05, 0.1) is 16.9 Å². The maximum absolute atomic E-state index is 4.75. The van der Waals surface area contributed by atoms with Crippen LogP contribution in [0.1, 0.15) is 58.9 Å². The van der Waals surface area contributed by atoms with Crippen LogP contribution < -0.4 is 10.2 Å². The smallest absolute Gasteiger partial charge is 0.181 e. The first-order chi connectivity index (χ1) is 18.8. The molecule has 0 spiro atoms. The Morgan fingerprint density at radius 2 is 1.92 bits per heavy atom. The first-order valence-corrected chi connectivity index (χ1v) is 13.8. The van der Waals surface area contributed by atoms with Gasteiger partial charge in [0.1, 0.15) is 5.82 Å². The lowest BCUT2D eigenvalue weighted by Crippen LogP contribution is -2.30. The fraction of sp³-hybridized carbons (Fsp3) is 0.344. The molecule has 0 aromatic carbocycles. The van der Waals surface area contributed by atoms with Gasteiger partial charge in [-0.2, -0.15) is 5.10 Å². The van der Waals surface area contributed by atoms with Crippen LogP contribution in [0.3, 0.4) is 0 Å². The molecule has 0 atom stereocenters. The third-order valence-corrected chi connectivity index (χ3v) is 7.10. The number of piperidine rings is 1. The molecular weight excluding hydrogens is 482 g/mol. The topological polar surface area (TPSA) is 85.5 Å². The SMILES string of the molecule is C=C/C(=C\C(=C/C)c1cnc2n[nH]c(-c3cc4c(N5CCCCC5)nccc4[nH]3)c2c1)NC(=C)CC(C)(C)C. The van der Waals surface area contributed by atoms with Gasteiger partial charge in [-0.05, 0) is 73.9 Å². The van der Waals surface area contributed by atoms with Crippen LogP contribution in [0.2, 0.25) is 0 Å². The van der Waals surface area contributed by atoms with Crippen LogP contribution in [-0.2, 0) is 0 Å². The molecule has 3 N–H and O–H groups in total. The Balaban J connectivity index is 1.48. The molecule has 0 bridgehead atoms. The number of anilines is 1. The van der Waals surface area contributed by atoms with Crippen molar-refractivity contribution in [2.24, 2.45) is 5.41 Å². The summed E-state index contributed by atoms with van der Waals surface area (Å²) in [6, 6.07) is 6.37. The Kier molecular flexibility index (Phi) is 7.42. The largest absolute Gasteiger partial charge is 0.359 e. The van der Waals surface area contributed by atoms with Gasteiger partial charge in [0.25, 0.3) is 0 Å². The van der Waals surface area contributed by atoms with E-state index in [1.165, 1.54) is 19.3 Å². The number of hydrogen-bond acceptors (Lipinski definition) is 5. The molecule has 4 aromatic heterocycles. The van der Waals surface area contributed by atoms with Crippen molar-refractivity contribution < 1.29 is 0 Å². The number of pyridine rings is 2. The van der Waals surface area contributed by atoms with Crippen molar-refractivity contribution in [3.8, 4) is 11.4 Å². The molecule has 5 rings (SSSR count). The Morgan fingerprint density at radius 1 is 1.13 bits per heavy atom. The van der Waals surface area contributed by atoms with Gasteiger partial charge in [0.2, 0.25) is 0 Å². The standard InChI is InChI=1S/C32H39N7/c1-7-22(16-24(8-2)35-21(3)19-32(4,5)6)23-17-26-29(37-38-30(26)34-20-23)28-18-25-27(36-28)12-13-33-31(25)39-14-10-9-11-15-39/h7-8,12-13,16-18,20,35-36H,2-3,9-11,14-15,19H2,1,4-6H3,(H,34,37,38)/b22-7+,24-16+. The minimum absolute atomic E-state index is 0.152. The summed E-state index contributed by atoms with van der Waals surface area (Å²) >= 11 is 0. The molecule has 1 fully saturated rings. The number of nitrogens with zero attached hydrogens (tertiary/aromatic N) is 4. The number of rotatable bonds is 8. The van der Waals surface area contributed by atoms with Crippen LogP contribution in [-0.4, -0.2) is 38.2 Å². The maximum atomic E-state index is 4.75. The van der Waals surface area contributed by atoms with Crippen molar-refractivity contribution in [3.05, 3.63) is 78.9 Å². The third kappa shape index (κ3) is 5.82. The van der Waals surface area contributed by atoms with E-state index in [9.17, 15) is 0 Å². The molecule has 4 aromatic rings. The number of aromatic nitrogens is 5. The van der Waals surface area contributed by atoms with Crippen molar-refractivity contribution in [3.63, 3.8) is 0 Å². The maximum Gasteiger partial charge on any atom is 0.181 e. The van der Waals surface area contributed by atoms with E-state index in [0.29, 0.717) is 5.65 Å². The number of nitrogens with one attached hydrogen (secondary N) is 3. The number of hydrogen-bond donors (Lipinski definition) is 3. The number of aromatic amines is 2. The van der Waals surface area contributed by atoms with Crippen LogP contribution in [0, 0.1) is 5.41 Å². The van der Waals surface area contributed by atoms with E-state index >= 15 is 0 Å². The molecule has 202 valence electrons. The van der Waals surface area contributed by atoms with Crippen molar-refractivity contribution in [2.45, 2.75) is 53.4 Å². The first kappa shape index (κ1) is 26.5. The molecule has 0 saturated carbocycles. The van der Waals surface area contributed by atoms with E-state index < -0.39 is 0 Å². The molecule has 1 aliphatic rings. The predicted octanol–water partition coefficient (Wildman–Crippen LogP) is 7.50. The number of allylic oxidation sites excluding steroid dienone is 5. The molecule has 1 saturated heterocycles. The zero-order valence-electron chi connectivity index (χ0n) is 23.6. The second kappa shape index (κ2) is 10.9. The van der Waals surface area contributed by atoms with Crippen LogP contribution >= 0.6 is 0 Å². The molecule has 0 radical (unpaired) electrons. The zero-order valence-corrected chi connectivity index (χ0v) is 23.6. The second-order valence-electron chi connectivity index (χ2n) is 11.5. The van der Waals surface area contributed by atoms with Crippen molar-refractivity contribution in [1.29, 1.82) is 0 Å². The predicted molar refractivity (Wildman–Crippen MR) is 163 cm³/mol. The summed E-state index contributed by atoms with van der Waals surface area (Å²) in [5.41, 5.74) is 7.70. The van der Waals surface area contributed by atoms with E-state index in [1.807, 2.05) is 31.5 Å². The normalized spacial score (nSPS) is 15.2. The minimum atomic E-state index is 0.152. The lowest BCUT2D eigenvalue weighted by atomic mass is 9.91. The van der Waals surface area contributed by atoms with Crippen LogP contribution in [0.4, 0.5) is 5.82 Å². The van der Waals surface area contributed by atoms with Gasteiger partial charge in [-0.15, -0.1) is 0 Å². The molecule has 7 nitrogen and oxygen atoms in total. The molecule has 5 heterocycles. The molecular formula is C32H39N7. The molecule has 0 aliphatic carbocycles. The lowest BCUT2D eigenvalue weighted by molar-refractivity contribution is 0.403. The van der Waals surface area contributed by atoms with E-state index in [4.69, 9.17) is 4.98 Å². The summed E-state index contributed by atoms with van der Waals surface area (Å²) in [5, 5.41) is 13.2. The number of fused-ring (bicyclic) bond motifs is 2. The summed E-state index contributed by atoms with van der Waals surface area (Å²) in [6.07, 6.45) is 14.3. The molecule has 1 aliphatic heterocycles. The fourth-order valence-electron chi connectivity index (χ4n) is 5.33. The Hall–Kier alpha value is -4.13. The van der Waals surface area contributed by atoms with Gasteiger partial charge in [0, 0.05) is 53.2 Å². The lowest BCUT2D eigenvalue weighted by Gasteiger charge is -2.28. The summed E-state index contributed by atoms with van der Waals surface area (Å²) < 4.78 is 0. The van der Waals surface area contributed by atoms with E-state index in [2.05, 4.69) is 88.6 Å². The van der Waals surface area contributed by atoms with Gasteiger partial charge in [-0.1, -0.05) is 40.0 Å². The average molecular weight is 522 g/mol. The highest BCUT2D eigenvalue weighted by Crippen LogP contribution is 2.34. The van der Waals surface area contributed by atoms with E-state index in [1.54, 1.807) is 0 Å². The first-order valence-electron chi connectivity index (χ1n) is 13.8. The molecule has 7 heteroatoms. The van der Waals surface area contributed by atoms with Crippen molar-refractivity contribution >= 4 is 33.3 Å². The summed E-state index contributed by atoms with van der Waals surface area (Å²) in [6.45, 7) is 19.0. The average Bonchev–Trinajstić information content (AvgIpc) is 3.54. The Morgan fingerprint density at radius 3 is 2.64 bits per heavy atom. The highest BCUT2D eigenvalue weighted by molar-refractivity contribution is 5.99. The zero-order chi connectivity index (χ0) is 27.6. The van der Waals surface area contributed by atoms with Crippen LogP contribution in [0.5, 0.6) is 0 Å². The molecule has 39 heavy (non-hydrogen) atoms.